The molecule has 2 aromatic heterocycles. The van der Waals surface area contributed by atoms with Gasteiger partial charge in [-0.3, -0.25) is 0 Å². The number of ether oxygens (including phenoxy) is 3. The lowest BCUT2D eigenvalue weighted by molar-refractivity contribution is 0.189. The van der Waals surface area contributed by atoms with Crippen molar-refractivity contribution in [3.8, 4) is 28.6 Å². The molecule has 4 aromatic rings. The van der Waals surface area contributed by atoms with Crippen molar-refractivity contribution in [2.75, 3.05) is 27.9 Å². The summed E-state index contributed by atoms with van der Waals surface area (Å²) in [6.45, 7) is 1.40. The van der Waals surface area contributed by atoms with Gasteiger partial charge >= 0.3 is 0 Å². The van der Waals surface area contributed by atoms with Gasteiger partial charge in [0.1, 0.15) is 0 Å². The Hall–Kier alpha value is -3.30. The van der Waals surface area contributed by atoms with Crippen LogP contribution in [0.5, 0.6) is 11.5 Å². The monoisotopic (exact) mass is 465 g/mol. The van der Waals surface area contributed by atoms with Gasteiger partial charge in [0, 0.05) is 37.8 Å². The van der Waals surface area contributed by atoms with Crippen LogP contribution >= 0.6 is 11.8 Å². The predicted octanol–water partition coefficient (Wildman–Crippen LogP) is 4.48. The zero-order valence-corrected chi connectivity index (χ0v) is 19.8. The molecule has 0 aliphatic carbocycles. The summed E-state index contributed by atoms with van der Waals surface area (Å²) < 4.78 is 20.1. The minimum absolute atomic E-state index is 0.655. The lowest BCUT2D eigenvalue weighted by atomic mass is 10.2. The number of methoxy groups -OCH3 is 3. The van der Waals surface area contributed by atoms with Crippen LogP contribution in [-0.2, 0) is 17.0 Å². The molecule has 0 aliphatic heterocycles. The van der Waals surface area contributed by atoms with Crippen molar-refractivity contribution in [3.63, 3.8) is 0 Å². The van der Waals surface area contributed by atoms with Crippen LogP contribution in [-0.4, -0.2) is 52.5 Å². The summed E-state index contributed by atoms with van der Waals surface area (Å²) >= 11 is 1.62. The van der Waals surface area contributed by atoms with E-state index in [4.69, 9.17) is 19.3 Å². The molecule has 0 atom stereocenters. The van der Waals surface area contributed by atoms with Crippen LogP contribution in [0.2, 0.25) is 0 Å². The van der Waals surface area contributed by atoms with Crippen LogP contribution in [0.15, 0.2) is 66.0 Å². The van der Waals surface area contributed by atoms with E-state index < -0.39 is 0 Å². The Balaban J connectivity index is 1.56. The molecule has 9 heteroatoms. The lowest BCUT2D eigenvalue weighted by Crippen LogP contribution is -2.05. The highest BCUT2D eigenvalue weighted by molar-refractivity contribution is 7.98. The predicted molar refractivity (Wildman–Crippen MR) is 128 cm³/mol. The fourth-order valence-corrected chi connectivity index (χ4v) is 4.32. The largest absolute Gasteiger partial charge is 0.493 e. The van der Waals surface area contributed by atoms with Crippen molar-refractivity contribution in [3.05, 3.63) is 66.5 Å². The van der Waals surface area contributed by atoms with Crippen molar-refractivity contribution < 1.29 is 14.2 Å². The Bertz CT molecular complexity index is 1180. The van der Waals surface area contributed by atoms with Crippen LogP contribution in [0.3, 0.4) is 0 Å². The standard InChI is InChI=1S/C24H27N5O3S/c1-30-15-7-13-28-23(18-10-11-21(31-2)22(16-18)32-3)25-26-24(28)33-17-19-12-14-29(27-19)20-8-5-4-6-9-20/h4-6,8-12,14,16H,7,13,15,17H2,1-3H3. The highest BCUT2D eigenvalue weighted by atomic mass is 32.2. The summed E-state index contributed by atoms with van der Waals surface area (Å²) in [7, 11) is 4.96. The van der Waals surface area contributed by atoms with Gasteiger partial charge in [0.2, 0.25) is 0 Å². The maximum atomic E-state index is 5.47. The Morgan fingerprint density at radius 1 is 0.909 bits per heavy atom. The van der Waals surface area contributed by atoms with E-state index in [1.165, 1.54) is 0 Å². The van der Waals surface area contributed by atoms with Gasteiger partial charge in [0.25, 0.3) is 0 Å². The van der Waals surface area contributed by atoms with Crippen LogP contribution in [0.4, 0.5) is 0 Å². The first kappa shape index (κ1) is 22.9. The Labute approximate surface area is 197 Å². The van der Waals surface area contributed by atoms with Crippen LogP contribution < -0.4 is 9.47 Å². The number of rotatable bonds is 11. The highest BCUT2D eigenvalue weighted by Gasteiger charge is 2.17. The van der Waals surface area contributed by atoms with E-state index in [1.54, 1.807) is 33.1 Å². The minimum Gasteiger partial charge on any atom is -0.493 e. The second-order valence-corrected chi connectivity index (χ2v) is 8.19. The molecule has 0 radical (unpaired) electrons. The average molecular weight is 466 g/mol. The smallest absolute Gasteiger partial charge is 0.191 e. The zero-order chi connectivity index (χ0) is 23.0. The average Bonchev–Trinajstić information content (AvgIpc) is 3.50. The number of para-hydroxylation sites is 1. The molecule has 4 rings (SSSR count). The third-order valence-corrected chi connectivity index (χ3v) is 6.10. The van der Waals surface area contributed by atoms with E-state index in [0.29, 0.717) is 23.9 Å². The third-order valence-electron chi connectivity index (χ3n) is 5.10. The van der Waals surface area contributed by atoms with Gasteiger partial charge < -0.3 is 18.8 Å². The minimum atomic E-state index is 0.655. The van der Waals surface area contributed by atoms with Gasteiger partial charge in [0.05, 0.1) is 25.6 Å². The lowest BCUT2D eigenvalue weighted by Gasteiger charge is -2.12. The molecular formula is C24H27N5O3S. The molecule has 0 unspecified atom stereocenters. The van der Waals surface area contributed by atoms with E-state index in [0.717, 1.165) is 40.9 Å². The van der Waals surface area contributed by atoms with Crippen molar-refractivity contribution in [2.45, 2.75) is 23.9 Å². The van der Waals surface area contributed by atoms with Crippen LogP contribution in [0.25, 0.3) is 17.1 Å². The zero-order valence-electron chi connectivity index (χ0n) is 19.0. The molecule has 172 valence electrons. The summed E-state index contributed by atoms with van der Waals surface area (Å²) in [5.74, 6) is 2.80. The highest BCUT2D eigenvalue weighted by Crippen LogP contribution is 2.33. The number of thioether (sulfide) groups is 1. The summed E-state index contributed by atoms with van der Waals surface area (Å²) in [6.07, 6.45) is 2.83. The van der Waals surface area contributed by atoms with Crippen molar-refractivity contribution >= 4 is 11.8 Å². The van der Waals surface area contributed by atoms with E-state index in [1.807, 2.05) is 65.5 Å². The van der Waals surface area contributed by atoms with Crippen LogP contribution in [0.1, 0.15) is 12.1 Å². The number of hydrogen-bond acceptors (Lipinski definition) is 7. The van der Waals surface area contributed by atoms with Crippen molar-refractivity contribution in [2.24, 2.45) is 0 Å². The molecule has 2 heterocycles. The van der Waals surface area contributed by atoms with E-state index in [2.05, 4.69) is 14.8 Å². The first-order valence-electron chi connectivity index (χ1n) is 10.6. The topological polar surface area (TPSA) is 76.2 Å². The van der Waals surface area contributed by atoms with Gasteiger partial charge in [0.15, 0.2) is 22.5 Å². The second kappa shape index (κ2) is 11.0. The normalized spacial score (nSPS) is 11.0. The molecule has 33 heavy (non-hydrogen) atoms. The summed E-state index contributed by atoms with van der Waals surface area (Å²) in [5.41, 5.74) is 2.92. The Morgan fingerprint density at radius 2 is 1.73 bits per heavy atom. The summed E-state index contributed by atoms with van der Waals surface area (Å²) in [6, 6.07) is 17.9. The van der Waals surface area contributed by atoms with E-state index in [9.17, 15) is 0 Å². The molecule has 0 amide bonds. The molecule has 0 aliphatic rings. The van der Waals surface area contributed by atoms with Gasteiger partial charge in [-0.05, 0) is 42.8 Å². The Morgan fingerprint density at radius 3 is 2.48 bits per heavy atom. The SMILES string of the molecule is COCCCn1c(SCc2ccn(-c3ccccc3)n2)nnc1-c1ccc(OC)c(OC)c1. The number of hydrogen-bond donors (Lipinski definition) is 0. The van der Waals surface area contributed by atoms with E-state index in [-0.39, 0.29) is 0 Å². The molecule has 0 saturated heterocycles. The second-order valence-electron chi connectivity index (χ2n) is 7.25. The molecular weight excluding hydrogens is 438 g/mol. The summed E-state index contributed by atoms with van der Waals surface area (Å²) in [4.78, 5) is 0. The molecule has 0 fully saturated rings. The molecule has 8 nitrogen and oxygen atoms in total. The fraction of sp³-hybridized carbons (Fsp3) is 0.292. The third kappa shape index (κ3) is 5.37. The summed E-state index contributed by atoms with van der Waals surface area (Å²) in [5, 5.41) is 14.5. The molecule has 0 N–H and O–H groups in total. The van der Waals surface area contributed by atoms with Gasteiger partial charge in [-0.25, -0.2) is 4.68 Å². The Kier molecular flexibility index (Phi) is 7.64. The first-order chi connectivity index (χ1) is 16.2. The van der Waals surface area contributed by atoms with Gasteiger partial charge in [-0.1, -0.05) is 30.0 Å². The van der Waals surface area contributed by atoms with Gasteiger partial charge in [-0.15, -0.1) is 10.2 Å². The quantitative estimate of drug-likeness (QED) is 0.239. The molecule has 2 aromatic carbocycles. The van der Waals surface area contributed by atoms with Crippen molar-refractivity contribution in [1.82, 2.24) is 24.5 Å². The fourth-order valence-electron chi connectivity index (χ4n) is 3.45. The van der Waals surface area contributed by atoms with E-state index >= 15 is 0 Å². The maximum Gasteiger partial charge on any atom is 0.191 e. The molecule has 0 spiro atoms. The first-order valence-corrected chi connectivity index (χ1v) is 11.6. The molecule has 0 saturated carbocycles. The number of benzene rings is 2. The van der Waals surface area contributed by atoms with Gasteiger partial charge in [-0.2, -0.15) is 5.10 Å². The van der Waals surface area contributed by atoms with Crippen LogP contribution in [0, 0.1) is 0 Å². The molecule has 0 bridgehead atoms. The number of aromatic nitrogens is 5. The maximum absolute atomic E-state index is 5.47. The number of nitrogens with zero attached hydrogens (tertiary/aromatic N) is 5. The van der Waals surface area contributed by atoms with Crippen molar-refractivity contribution in [1.29, 1.82) is 0 Å².